The Hall–Kier alpha value is -3.30. The maximum absolute atomic E-state index is 12.8. The predicted molar refractivity (Wildman–Crippen MR) is 104 cm³/mol. The van der Waals surface area contributed by atoms with E-state index in [-0.39, 0.29) is 17.0 Å². The van der Waals surface area contributed by atoms with Crippen LogP contribution in [0.4, 0.5) is 16.4 Å². The molecule has 0 saturated heterocycles. The lowest BCUT2D eigenvalue weighted by atomic mass is 10.1. The summed E-state index contributed by atoms with van der Waals surface area (Å²) in [6.45, 7) is 1.92. The average molecular weight is 363 g/mol. The first-order valence-corrected chi connectivity index (χ1v) is 8.70. The van der Waals surface area contributed by atoms with Gasteiger partial charge in [0.25, 0.3) is 0 Å². The second-order valence-electron chi connectivity index (χ2n) is 5.71. The fourth-order valence-corrected chi connectivity index (χ4v) is 3.59. The molecule has 3 aromatic rings. The Kier molecular flexibility index (Phi) is 4.92. The van der Waals surface area contributed by atoms with Gasteiger partial charge < -0.3 is 15.8 Å². The molecule has 0 amide bonds. The number of hydrogen-bond acceptors (Lipinski definition) is 6. The summed E-state index contributed by atoms with van der Waals surface area (Å²) in [6, 6.07) is 16.7. The van der Waals surface area contributed by atoms with Crippen LogP contribution in [0.1, 0.15) is 26.4 Å². The Morgan fingerprint density at radius 2 is 1.96 bits per heavy atom. The molecular formula is C20H17N3O2S. The number of thiophene rings is 1. The minimum Gasteiger partial charge on any atom is -0.497 e. The van der Waals surface area contributed by atoms with Crippen molar-refractivity contribution in [2.75, 3.05) is 18.2 Å². The number of nitrogen functional groups attached to an aromatic ring is 1. The van der Waals surface area contributed by atoms with Crippen LogP contribution in [0.5, 0.6) is 5.75 Å². The van der Waals surface area contributed by atoms with Gasteiger partial charge in [0.1, 0.15) is 27.3 Å². The summed E-state index contributed by atoms with van der Waals surface area (Å²) in [5, 5.41) is 13.2. The van der Waals surface area contributed by atoms with E-state index in [1.807, 2.05) is 49.4 Å². The number of nitrogens with zero attached hydrogens (tertiary/aromatic N) is 1. The van der Waals surface area contributed by atoms with Crippen molar-refractivity contribution in [3.05, 3.63) is 70.1 Å². The molecule has 0 aliphatic carbocycles. The van der Waals surface area contributed by atoms with Gasteiger partial charge in [-0.15, -0.1) is 11.3 Å². The highest BCUT2D eigenvalue weighted by Gasteiger charge is 2.22. The number of methoxy groups -OCH3 is 1. The number of nitrogens with one attached hydrogen (secondary N) is 1. The predicted octanol–water partition coefficient (Wildman–Crippen LogP) is 4.49. The molecule has 26 heavy (non-hydrogen) atoms. The number of ketones is 1. The highest BCUT2D eigenvalue weighted by Crippen LogP contribution is 2.38. The Morgan fingerprint density at radius 3 is 2.58 bits per heavy atom. The summed E-state index contributed by atoms with van der Waals surface area (Å²) in [5.74, 6) is 0.549. The third-order valence-electron chi connectivity index (χ3n) is 3.89. The standard InChI is InChI=1S/C20H17N3O2S/c1-12-4-3-5-13(10-12)18(24)19-17(22)16(11-21)20(26-19)23-14-6-8-15(25-2)9-7-14/h3-10,23H,22H2,1-2H3. The van der Waals surface area contributed by atoms with E-state index >= 15 is 0 Å². The summed E-state index contributed by atoms with van der Waals surface area (Å²) in [7, 11) is 1.60. The maximum atomic E-state index is 12.8. The Labute approximate surface area is 155 Å². The number of nitrogens with two attached hydrogens (primary N) is 1. The minimum absolute atomic E-state index is 0.185. The van der Waals surface area contributed by atoms with Crippen LogP contribution < -0.4 is 15.8 Å². The number of ether oxygens (including phenoxy) is 1. The van der Waals surface area contributed by atoms with E-state index in [9.17, 15) is 10.1 Å². The minimum atomic E-state index is -0.185. The highest BCUT2D eigenvalue weighted by molar-refractivity contribution is 7.19. The highest BCUT2D eigenvalue weighted by atomic mass is 32.1. The van der Waals surface area contributed by atoms with Crippen molar-refractivity contribution in [1.82, 2.24) is 0 Å². The van der Waals surface area contributed by atoms with Gasteiger partial charge in [0, 0.05) is 11.3 Å². The van der Waals surface area contributed by atoms with Gasteiger partial charge in [-0.25, -0.2) is 0 Å². The zero-order valence-corrected chi connectivity index (χ0v) is 15.2. The molecule has 130 valence electrons. The van der Waals surface area contributed by atoms with E-state index in [2.05, 4.69) is 11.4 Å². The normalized spacial score (nSPS) is 10.2. The van der Waals surface area contributed by atoms with Crippen LogP contribution in [-0.4, -0.2) is 12.9 Å². The fourth-order valence-electron chi connectivity index (χ4n) is 2.53. The third-order valence-corrected chi connectivity index (χ3v) is 5.01. The average Bonchev–Trinajstić information content (AvgIpc) is 2.97. The lowest BCUT2D eigenvalue weighted by molar-refractivity contribution is 0.104. The van der Waals surface area contributed by atoms with Crippen LogP contribution in [-0.2, 0) is 0 Å². The number of aryl methyl sites for hydroxylation is 1. The molecule has 3 N–H and O–H groups in total. The van der Waals surface area contributed by atoms with Crippen LogP contribution in [0.3, 0.4) is 0 Å². The van der Waals surface area contributed by atoms with E-state index < -0.39 is 0 Å². The molecule has 0 aliphatic rings. The summed E-state index contributed by atoms with van der Waals surface area (Å²) in [4.78, 5) is 13.2. The molecule has 1 heterocycles. The molecule has 2 aromatic carbocycles. The summed E-state index contributed by atoms with van der Waals surface area (Å²) >= 11 is 1.18. The molecule has 0 unspecified atom stereocenters. The smallest absolute Gasteiger partial charge is 0.205 e. The van der Waals surface area contributed by atoms with Crippen LogP contribution in [0.15, 0.2) is 48.5 Å². The van der Waals surface area contributed by atoms with Crippen molar-refractivity contribution in [3.8, 4) is 11.8 Å². The lowest BCUT2D eigenvalue weighted by Gasteiger charge is -2.05. The van der Waals surface area contributed by atoms with Crippen LogP contribution in [0.2, 0.25) is 0 Å². The number of nitriles is 1. The molecule has 0 saturated carbocycles. The summed E-state index contributed by atoms with van der Waals surface area (Å²) < 4.78 is 5.14. The molecule has 1 aromatic heterocycles. The molecule has 0 fully saturated rings. The molecule has 6 heteroatoms. The molecule has 0 spiro atoms. The van der Waals surface area contributed by atoms with Crippen molar-refractivity contribution in [3.63, 3.8) is 0 Å². The Bertz CT molecular complexity index is 1000. The zero-order valence-electron chi connectivity index (χ0n) is 14.4. The number of rotatable bonds is 5. The van der Waals surface area contributed by atoms with Gasteiger partial charge in [0.15, 0.2) is 0 Å². The summed E-state index contributed by atoms with van der Waals surface area (Å²) in [5.41, 5.74) is 8.90. The van der Waals surface area contributed by atoms with Gasteiger partial charge >= 0.3 is 0 Å². The monoisotopic (exact) mass is 363 g/mol. The topological polar surface area (TPSA) is 88.1 Å². The quantitative estimate of drug-likeness (QED) is 0.652. The molecule has 0 radical (unpaired) electrons. The van der Waals surface area contributed by atoms with E-state index in [1.165, 1.54) is 11.3 Å². The van der Waals surface area contributed by atoms with Crippen LogP contribution in [0, 0.1) is 18.3 Å². The van der Waals surface area contributed by atoms with Gasteiger partial charge in [-0.05, 0) is 37.3 Å². The number of benzene rings is 2. The van der Waals surface area contributed by atoms with Crippen LogP contribution >= 0.6 is 11.3 Å². The van der Waals surface area contributed by atoms with Crippen molar-refractivity contribution >= 4 is 33.5 Å². The van der Waals surface area contributed by atoms with E-state index in [0.717, 1.165) is 17.0 Å². The fraction of sp³-hybridized carbons (Fsp3) is 0.100. The molecule has 3 rings (SSSR count). The SMILES string of the molecule is COc1ccc(Nc2sc(C(=O)c3cccc(C)c3)c(N)c2C#N)cc1. The van der Waals surface area contributed by atoms with E-state index in [0.29, 0.717) is 15.4 Å². The summed E-state index contributed by atoms with van der Waals surface area (Å²) in [6.07, 6.45) is 0. The van der Waals surface area contributed by atoms with Crippen LogP contribution in [0.25, 0.3) is 0 Å². The molecule has 0 bridgehead atoms. The second kappa shape index (κ2) is 7.30. The number of carbonyl (C=O) groups excluding carboxylic acids is 1. The first kappa shape index (κ1) is 17.5. The van der Waals surface area contributed by atoms with Crippen molar-refractivity contribution < 1.29 is 9.53 Å². The first-order chi connectivity index (χ1) is 12.5. The molecular weight excluding hydrogens is 346 g/mol. The number of anilines is 3. The van der Waals surface area contributed by atoms with Crippen molar-refractivity contribution in [2.24, 2.45) is 0 Å². The van der Waals surface area contributed by atoms with Crippen molar-refractivity contribution in [2.45, 2.75) is 6.92 Å². The van der Waals surface area contributed by atoms with E-state index in [1.54, 1.807) is 13.2 Å². The lowest BCUT2D eigenvalue weighted by Crippen LogP contribution is -2.02. The Morgan fingerprint density at radius 1 is 1.23 bits per heavy atom. The van der Waals surface area contributed by atoms with Gasteiger partial charge in [0.05, 0.1) is 12.8 Å². The van der Waals surface area contributed by atoms with Gasteiger partial charge in [-0.2, -0.15) is 5.26 Å². The van der Waals surface area contributed by atoms with E-state index in [4.69, 9.17) is 10.5 Å². The largest absolute Gasteiger partial charge is 0.497 e. The van der Waals surface area contributed by atoms with Gasteiger partial charge in [-0.3, -0.25) is 4.79 Å². The maximum Gasteiger partial charge on any atom is 0.205 e. The second-order valence-corrected chi connectivity index (χ2v) is 6.73. The van der Waals surface area contributed by atoms with Gasteiger partial charge in [-0.1, -0.05) is 23.8 Å². The number of hydrogen-bond donors (Lipinski definition) is 2. The van der Waals surface area contributed by atoms with Crippen molar-refractivity contribution in [1.29, 1.82) is 5.26 Å². The third kappa shape index (κ3) is 3.39. The number of carbonyl (C=O) groups is 1. The molecule has 0 atom stereocenters. The first-order valence-electron chi connectivity index (χ1n) is 7.88. The molecule has 0 aliphatic heterocycles. The zero-order chi connectivity index (χ0) is 18.7. The Balaban J connectivity index is 1.96. The molecule has 5 nitrogen and oxygen atoms in total. The van der Waals surface area contributed by atoms with Gasteiger partial charge in [0.2, 0.25) is 5.78 Å².